The van der Waals surface area contributed by atoms with E-state index in [1.54, 1.807) is 25.1 Å². The highest BCUT2D eigenvalue weighted by Crippen LogP contribution is 2.24. The van der Waals surface area contributed by atoms with Gasteiger partial charge in [0, 0.05) is 16.8 Å². The van der Waals surface area contributed by atoms with Gasteiger partial charge in [-0.05, 0) is 42.2 Å². The number of anilines is 1. The number of nitrogens with one attached hydrogen (secondary N) is 1. The highest BCUT2D eigenvalue weighted by atomic mass is 16.3. The Hall–Kier alpha value is -2.29. The van der Waals surface area contributed by atoms with Crippen LogP contribution in [0.2, 0.25) is 0 Å². The lowest BCUT2D eigenvalue weighted by atomic mass is 9.87. The third-order valence-corrected chi connectivity index (χ3v) is 3.56. The standard InChI is InChI=1S/C18H21NO2/c1-12-15(6-5-7-16(12)20)17(21)19-14-10-8-13(9-11-14)18(2,3)4/h5-11,20H,1-4H3,(H,19,21). The molecule has 0 saturated heterocycles. The SMILES string of the molecule is Cc1c(O)cccc1C(=O)Nc1ccc(C(C)(C)C)cc1. The minimum atomic E-state index is -0.216. The van der Waals surface area contributed by atoms with Gasteiger partial charge in [-0.15, -0.1) is 0 Å². The minimum absolute atomic E-state index is 0.0876. The molecular weight excluding hydrogens is 262 g/mol. The van der Waals surface area contributed by atoms with Crippen molar-refractivity contribution in [1.29, 1.82) is 0 Å². The molecule has 0 aliphatic heterocycles. The number of phenolic OH excluding ortho intramolecular Hbond substituents is 1. The molecule has 3 nitrogen and oxygen atoms in total. The summed E-state index contributed by atoms with van der Waals surface area (Å²) in [6.45, 7) is 8.18. The monoisotopic (exact) mass is 283 g/mol. The highest BCUT2D eigenvalue weighted by molar-refractivity contribution is 6.05. The van der Waals surface area contributed by atoms with Crippen molar-refractivity contribution in [1.82, 2.24) is 0 Å². The van der Waals surface area contributed by atoms with E-state index < -0.39 is 0 Å². The van der Waals surface area contributed by atoms with Crippen molar-refractivity contribution in [2.45, 2.75) is 33.1 Å². The molecule has 2 aromatic carbocycles. The second-order valence-electron chi connectivity index (χ2n) is 6.23. The molecular formula is C18H21NO2. The molecule has 2 rings (SSSR count). The smallest absolute Gasteiger partial charge is 0.256 e. The molecule has 0 saturated carbocycles. The van der Waals surface area contributed by atoms with Gasteiger partial charge in [0.1, 0.15) is 5.75 Å². The largest absolute Gasteiger partial charge is 0.508 e. The van der Waals surface area contributed by atoms with Gasteiger partial charge in [-0.1, -0.05) is 39.0 Å². The Kier molecular flexibility index (Phi) is 4.03. The summed E-state index contributed by atoms with van der Waals surface area (Å²) in [6, 6.07) is 12.8. The van der Waals surface area contributed by atoms with Crippen molar-refractivity contribution in [2.24, 2.45) is 0 Å². The molecule has 0 aliphatic carbocycles. The van der Waals surface area contributed by atoms with Crippen LogP contribution >= 0.6 is 0 Å². The molecule has 0 heterocycles. The van der Waals surface area contributed by atoms with E-state index in [0.717, 1.165) is 5.69 Å². The molecule has 2 N–H and O–H groups in total. The normalized spacial score (nSPS) is 11.2. The third kappa shape index (κ3) is 3.43. The average Bonchev–Trinajstić information content (AvgIpc) is 2.41. The Labute approximate surface area is 125 Å². The van der Waals surface area contributed by atoms with Crippen LogP contribution in [0.15, 0.2) is 42.5 Å². The highest BCUT2D eigenvalue weighted by Gasteiger charge is 2.14. The summed E-state index contributed by atoms with van der Waals surface area (Å²) in [5, 5.41) is 12.5. The topological polar surface area (TPSA) is 49.3 Å². The van der Waals surface area contributed by atoms with Crippen LogP contribution < -0.4 is 5.32 Å². The summed E-state index contributed by atoms with van der Waals surface area (Å²) < 4.78 is 0. The Balaban J connectivity index is 2.18. The first-order valence-corrected chi connectivity index (χ1v) is 6.99. The molecule has 0 aromatic heterocycles. The van der Waals surface area contributed by atoms with Gasteiger partial charge in [0.25, 0.3) is 5.91 Å². The minimum Gasteiger partial charge on any atom is -0.508 e. The second kappa shape index (κ2) is 5.60. The summed E-state index contributed by atoms with van der Waals surface area (Å²) in [5.41, 5.74) is 3.12. The van der Waals surface area contributed by atoms with Crippen molar-refractivity contribution in [3.8, 4) is 5.75 Å². The van der Waals surface area contributed by atoms with Gasteiger partial charge in [0.15, 0.2) is 0 Å². The van der Waals surface area contributed by atoms with Crippen molar-refractivity contribution in [3.05, 3.63) is 59.2 Å². The van der Waals surface area contributed by atoms with E-state index in [2.05, 4.69) is 26.1 Å². The maximum absolute atomic E-state index is 12.2. The summed E-state index contributed by atoms with van der Waals surface area (Å²) in [5.74, 6) is -0.0855. The zero-order valence-electron chi connectivity index (χ0n) is 12.9. The predicted octanol–water partition coefficient (Wildman–Crippen LogP) is 4.25. The first-order chi connectivity index (χ1) is 9.79. The van der Waals surface area contributed by atoms with E-state index in [0.29, 0.717) is 11.1 Å². The molecule has 0 unspecified atom stereocenters. The fraction of sp³-hybridized carbons (Fsp3) is 0.278. The molecule has 0 atom stereocenters. The molecule has 3 heteroatoms. The summed E-state index contributed by atoms with van der Waals surface area (Å²) in [6.07, 6.45) is 0. The maximum atomic E-state index is 12.2. The molecule has 21 heavy (non-hydrogen) atoms. The van der Waals surface area contributed by atoms with Crippen molar-refractivity contribution in [2.75, 3.05) is 5.32 Å². The van der Waals surface area contributed by atoms with Gasteiger partial charge < -0.3 is 10.4 Å². The lowest BCUT2D eigenvalue weighted by Gasteiger charge is -2.19. The lowest BCUT2D eigenvalue weighted by Crippen LogP contribution is -2.14. The van der Waals surface area contributed by atoms with Crippen LogP contribution in [0.1, 0.15) is 42.3 Å². The van der Waals surface area contributed by atoms with Crippen LogP contribution in [-0.2, 0) is 5.41 Å². The van der Waals surface area contributed by atoms with Crippen LogP contribution in [0, 0.1) is 6.92 Å². The number of hydrogen-bond acceptors (Lipinski definition) is 2. The zero-order valence-corrected chi connectivity index (χ0v) is 12.9. The number of carbonyl (C=O) groups is 1. The zero-order chi connectivity index (χ0) is 15.6. The molecule has 0 radical (unpaired) electrons. The number of benzene rings is 2. The van der Waals surface area contributed by atoms with Crippen molar-refractivity contribution < 1.29 is 9.90 Å². The van der Waals surface area contributed by atoms with Crippen molar-refractivity contribution in [3.63, 3.8) is 0 Å². The first kappa shape index (κ1) is 15.1. The predicted molar refractivity (Wildman–Crippen MR) is 85.9 cm³/mol. The number of phenols is 1. The number of amides is 1. The van der Waals surface area contributed by atoms with Crippen molar-refractivity contribution >= 4 is 11.6 Å². The van der Waals surface area contributed by atoms with E-state index in [9.17, 15) is 9.90 Å². The van der Waals surface area contributed by atoms with Crippen LogP contribution in [0.4, 0.5) is 5.69 Å². The quantitative estimate of drug-likeness (QED) is 0.865. The van der Waals surface area contributed by atoms with E-state index in [1.807, 2.05) is 24.3 Å². The summed E-state index contributed by atoms with van der Waals surface area (Å²) >= 11 is 0. The Morgan fingerprint density at radius 1 is 1.05 bits per heavy atom. The maximum Gasteiger partial charge on any atom is 0.256 e. The Bertz CT molecular complexity index is 652. The van der Waals surface area contributed by atoms with Gasteiger partial charge >= 0.3 is 0 Å². The molecule has 0 bridgehead atoms. The van der Waals surface area contributed by atoms with E-state index in [4.69, 9.17) is 0 Å². The molecule has 0 fully saturated rings. The molecule has 110 valence electrons. The molecule has 0 spiro atoms. The number of aromatic hydroxyl groups is 1. The van der Waals surface area contributed by atoms with Gasteiger partial charge in [-0.25, -0.2) is 0 Å². The average molecular weight is 283 g/mol. The number of hydrogen-bond donors (Lipinski definition) is 2. The van der Waals surface area contributed by atoms with Crippen LogP contribution in [0.5, 0.6) is 5.75 Å². The fourth-order valence-electron chi connectivity index (χ4n) is 2.12. The summed E-state index contributed by atoms with van der Waals surface area (Å²) in [7, 11) is 0. The Morgan fingerprint density at radius 3 is 2.24 bits per heavy atom. The van der Waals surface area contributed by atoms with Crippen LogP contribution in [0.3, 0.4) is 0 Å². The van der Waals surface area contributed by atoms with Crippen LogP contribution in [-0.4, -0.2) is 11.0 Å². The summed E-state index contributed by atoms with van der Waals surface area (Å²) in [4.78, 5) is 12.2. The van der Waals surface area contributed by atoms with Gasteiger partial charge in [-0.3, -0.25) is 4.79 Å². The van der Waals surface area contributed by atoms with E-state index in [1.165, 1.54) is 5.56 Å². The molecule has 2 aromatic rings. The molecule has 0 aliphatic rings. The third-order valence-electron chi connectivity index (χ3n) is 3.56. The van der Waals surface area contributed by atoms with E-state index in [-0.39, 0.29) is 17.1 Å². The van der Waals surface area contributed by atoms with Gasteiger partial charge in [0.2, 0.25) is 0 Å². The molecule has 1 amide bonds. The second-order valence-corrected chi connectivity index (χ2v) is 6.23. The number of rotatable bonds is 2. The first-order valence-electron chi connectivity index (χ1n) is 6.99. The fourth-order valence-corrected chi connectivity index (χ4v) is 2.12. The Morgan fingerprint density at radius 2 is 1.67 bits per heavy atom. The van der Waals surface area contributed by atoms with Gasteiger partial charge in [0.05, 0.1) is 0 Å². The lowest BCUT2D eigenvalue weighted by molar-refractivity contribution is 0.102. The van der Waals surface area contributed by atoms with Crippen LogP contribution in [0.25, 0.3) is 0 Å². The number of carbonyl (C=O) groups excluding carboxylic acids is 1. The van der Waals surface area contributed by atoms with Gasteiger partial charge in [-0.2, -0.15) is 0 Å². The van der Waals surface area contributed by atoms with E-state index >= 15 is 0 Å².